The van der Waals surface area contributed by atoms with E-state index >= 15 is 0 Å². The molecule has 5 N–H and O–H groups in total. The van der Waals surface area contributed by atoms with Gasteiger partial charge in [0.1, 0.15) is 0 Å². The van der Waals surface area contributed by atoms with Crippen LogP contribution in [0, 0.1) is 11.8 Å². The summed E-state index contributed by atoms with van der Waals surface area (Å²) >= 11 is 0. The normalized spacial score (nSPS) is 12.4. The van der Waals surface area contributed by atoms with Crippen LogP contribution in [0.3, 0.4) is 0 Å². The van der Waals surface area contributed by atoms with E-state index in [2.05, 4.69) is 48.5 Å². The van der Waals surface area contributed by atoms with Gasteiger partial charge in [-0.1, -0.05) is 72.6 Å². The Balaban J connectivity index is 1.92. The van der Waals surface area contributed by atoms with Crippen molar-refractivity contribution in [1.29, 1.82) is 0 Å². The Bertz CT molecular complexity index is 1830. The minimum absolute atomic E-state index is 0.131. The molecule has 0 fully saturated rings. The zero-order chi connectivity index (χ0) is 40.8. The van der Waals surface area contributed by atoms with Gasteiger partial charge in [0.15, 0.2) is 0 Å². The fourth-order valence-corrected chi connectivity index (χ4v) is 6.53. The number of anilines is 6. The lowest BCUT2D eigenvalue weighted by Gasteiger charge is -2.31. The molecule has 2 atom stereocenters. The molecule has 0 aliphatic rings. The van der Waals surface area contributed by atoms with Crippen molar-refractivity contribution in [2.45, 2.75) is 112 Å². The number of nitrogens with one attached hydrogen (secondary N) is 3. The first kappa shape index (κ1) is 43.2. The standard InChI is InChI=1S/C44H59N7O5/c1-8-12-14-29(10-3)26-34-27-33(38(52)50-44(5,6)7)20-25-37(34)51(28-30(11-4)15-13-9-2)43-48-41(45-35-21-16-31(17-22-35)39(53)54)47-42(49-43)46-36-23-18-32(19-24-36)40(55)56/h16-25,27,29-30H,8-15,26,28H2,1-7H3,(H,50,52)(H,53,54)(H,55,56)(H2,45,46,47,48,49). The summed E-state index contributed by atoms with van der Waals surface area (Å²) in [6.45, 7) is 15.4. The highest BCUT2D eigenvalue weighted by molar-refractivity contribution is 5.95. The second-order valence-electron chi connectivity index (χ2n) is 15.5. The zero-order valence-corrected chi connectivity index (χ0v) is 34.0. The Kier molecular flexibility index (Phi) is 15.8. The Morgan fingerprint density at radius 2 is 1.16 bits per heavy atom. The predicted octanol–water partition coefficient (Wildman–Crippen LogP) is 10.4. The van der Waals surface area contributed by atoms with E-state index in [4.69, 9.17) is 15.0 Å². The molecule has 0 radical (unpaired) electrons. The Morgan fingerprint density at radius 3 is 1.61 bits per heavy atom. The molecule has 1 aromatic heterocycles. The molecule has 4 aromatic rings. The average Bonchev–Trinajstić information content (AvgIpc) is 3.16. The molecule has 4 rings (SSSR count). The molecule has 1 heterocycles. The molecule has 2 unspecified atom stereocenters. The van der Waals surface area contributed by atoms with Crippen LogP contribution >= 0.6 is 0 Å². The highest BCUT2D eigenvalue weighted by Gasteiger charge is 2.25. The van der Waals surface area contributed by atoms with Crippen LogP contribution in [0.15, 0.2) is 66.7 Å². The number of carbonyl (C=O) groups excluding carboxylic acids is 1. The molecule has 300 valence electrons. The number of aromatic nitrogens is 3. The van der Waals surface area contributed by atoms with Gasteiger partial charge in [0, 0.05) is 34.7 Å². The van der Waals surface area contributed by atoms with Crippen molar-refractivity contribution in [3.8, 4) is 0 Å². The van der Waals surface area contributed by atoms with Crippen molar-refractivity contribution in [2.75, 3.05) is 22.1 Å². The zero-order valence-electron chi connectivity index (χ0n) is 34.0. The molecule has 3 aromatic carbocycles. The van der Waals surface area contributed by atoms with Crippen molar-refractivity contribution < 1.29 is 24.6 Å². The highest BCUT2D eigenvalue weighted by Crippen LogP contribution is 2.34. The Labute approximate surface area is 331 Å². The van der Waals surface area contributed by atoms with Gasteiger partial charge >= 0.3 is 11.9 Å². The number of hydrogen-bond acceptors (Lipinski definition) is 9. The summed E-state index contributed by atoms with van der Waals surface area (Å²) in [7, 11) is 0. The molecular formula is C44H59N7O5. The lowest BCUT2D eigenvalue weighted by molar-refractivity contribution is 0.0686. The van der Waals surface area contributed by atoms with Crippen molar-refractivity contribution in [3.63, 3.8) is 0 Å². The fourth-order valence-electron chi connectivity index (χ4n) is 6.53. The van der Waals surface area contributed by atoms with E-state index in [0.717, 1.165) is 69.0 Å². The third kappa shape index (κ3) is 12.8. The van der Waals surface area contributed by atoms with Crippen molar-refractivity contribution in [3.05, 3.63) is 89.0 Å². The third-order valence-electron chi connectivity index (χ3n) is 9.80. The Morgan fingerprint density at radius 1 is 0.679 bits per heavy atom. The van der Waals surface area contributed by atoms with Crippen LogP contribution in [-0.2, 0) is 6.42 Å². The average molecular weight is 766 g/mol. The molecule has 0 spiro atoms. The van der Waals surface area contributed by atoms with Crippen LogP contribution in [-0.4, -0.2) is 55.1 Å². The van der Waals surface area contributed by atoms with Gasteiger partial charge in [0.2, 0.25) is 17.8 Å². The van der Waals surface area contributed by atoms with Crippen molar-refractivity contribution in [2.24, 2.45) is 11.8 Å². The van der Waals surface area contributed by atoms with Gasteiger partial charge in [-0.25, -0.2) is 9.59 Å². The summed E-state index contributed by atoms with van der Waals surface area (Å²) < 4.78 is 0. The van der Waals surface area contributed by atoms with E-state index in [1.54, 1.807) is 24.3 Å². The van der Waals surface area contributed by atoms with Gasteiger partial charge in [-0.05, 0) is 118 Å². The topological polar surface area (TPSA) is 170 Å². The predicted molar refractivity (Wildman–Crippen MR) is 224 cm³/mol. The third-order valence-corrected chi connectivity index (χ3v) is 9.80. The van der Waals surface area contributed by atoms with Gasteiger partial charge in [-0.2, -0.15) is 15.0 Å². The van der Waals surface area contributed by atoms with Crippen molar-refractivity contribution in [1.82, 2.24) is 20.3 Å². The number of aromatic carboxylic acids is 2. The fraction of sp³-hybridized carbons (Fsp3) is 0.455. The van der Waals surface area contributed by atoms with Crippen LogP contribution in [0.1, 0.15) is 136 Å². The van der Waals surface area contributed by atoms with Gasteiger partial charge in [0.05, 0.1) is 11.1 Å². The van der Waals surface area contributed by atoms with E-state index < -0.39 is 17.5 Å². The first-order chi connectivity index (χ1) is 26.7. The molecule has 0 saturated heterocycles. The van der Waals surface area contributed by atoms with Gasteiger partial charge in [-0.15, -0.1) is 0 Å². The second kappa shape index (κ2) is 20.4. The molecule has 12 heteroatoms. The summed E-state index contributed by atoms with van der Waals surface area (Å²) in [5.41, 5.74) is 3.63. The van der Waals surface area contributed by atoms with Crippen LogP contribution in [0.2, 0.25) is 0 Å². The summed E-state index contributed by atoms with van der Waals surface area (Å²) in [5, 5.41) is 28.5. The number of benzene rings is 3. The number of hydrogen-bond donors (Lipinski definition) is 5. The molecule has 0 aliphatic carbocycles. The molecule has 1 amide bonds. The first-order valence-corrected chi connectivity index (χ1v) is 19.9. The van der Waals surface area contributed by atoms with Gasteiger partial charge < -0.3 is 31.1 Å². The highest BCUT2D eigenvalue weighted by atomic mass is 16.4. The van der Waals surface area contributed by atoms with Gasteiger partial charge in [-0.3, -0.25) is 4.79 Å². The second-order valence-corrected chi connectivity index (χ2v) is 15.5. The van der Waals surface area contributed by atoms with Crippen LogP contribution < -0.4 is 20.9 Å². The largest absolute Gasteiger partial charge is 0.478 e. The van der Waals surface area contributed by atoms with E-state index in [0.29, 0.717) is 41.3 Å². The maximum Gasteiger partial charge on any atom is 0.335 e. The minimum Gasteiger partial charge on any atom is -0.478 e. The summed E-state index contributed by atoms with van der Waals surface area (Å²) in [6.07, 6.45) is 9.20. The number of unbranched alkanes of at least 4 members (excludes halogenated alkanes) is 2. The quantitative estimate of drug-likeness (QED) is 0.0547. The van der Waals surface area contributed by atoms with E-state index in [1.165, 1.54) is 24.3 Å². The number of nitrogens with zero attached hydrogens (tertiary/aromatic N) is 4. The minimum atomic E-state index is -1.03. The van der Waals surface area contributed by atoms with E-state index in [9.17, 15) is 24.6 Å². The van der Waals surface area contributed by atoms with Gasteiger partial charge in [0.25, 0.3) is 5.91 Å². The SMILES string of the molecule is CCCCC(CC)Cc1cc(C(=O)NC(C)(C)C)ccc1N(CC(CC)CCCC)c1nc(Nc2ccc(C(=O)O)cc2)nc(Nc2ccc(C(=O)O)cc2)n1. The van der Waals surface area contributed by atoms with Crippen LogP contribution in [0.5, 0.6) is 0 Å². The van der Waals surface area contributed by atoms with E-state index in [1.807, 2.05) is 39.0 Å². The molecule has 12 nitrogen and oxygen atoms in total. The maximum absolute atomic E-state index is 13.5. The Hall–Kier alpha value is -5.52. The smallest absolute Gasteiger partial charge is 0.335 e. The molecule has 0 bridgehead atoms. The molecule has 0 saturated carbocycles. The van der Waals surface area contributed by atoms with Crippen LogP contribution in [0.25, 0.3) is 0 Å². The number of carboxylic acid groups (broad SMARTS) is 2. The maximum atomic E-state index is 13.5. The molecule has 0 aliphatic heterocycles. The number of carboxylic acids is 2. The summed E-state index contributed by atoms with van der Waals surface area (Å²) in [5.74, 6) is -0.618. The monoisotopic (exact) mass is 765 g/mol. The number of carbonyl (C=O) groups is 3. The summed E-state index contributed by atoms with van der Waals surface area (Å²) in [4.78, 5) is 53.4. The first-order valence-electron chi connectivity index (χ1n) is 19.9. The lowest BCUT2D eigenvalue weighted by Crippen LogP contribution is -2.40. The van der Waals surface area contributed by atoms with Crippen molar-refractivity contribution >= 4 is 52.8 Å². The van der Waals surface area contributed by atoms with Crippen LogP contribution in [0.4, 0.5) is 34.9 Å². The molecular weight excluding hydrogens is 707 g/mol. The number of rotatable bonds is 21. The molecule has 56 heavy (non-hydrogen) atoms. The number of amides is 1. The van der Waals surface area contributed by atoms with E-state index in [-0.39, 0.29) is 28.9 Å². The lowest BCUT2D eigenvalue weighted by atomic mass is 9.89. The summed E-state index contributed by atoms with van der Waals surface area (Å²) in [6, 6.07) is 18.6.